The molecule has 0 amide bonds. The third-order valence-electron chi connectivity index (χ3n) is 3.03. The van der Waals surface area contributed by atoms with E-state index >= 15 is 0 Å². The van der Waals surface area contributed by atoms with Gasteiger partial charge in [-0.15, -0.1) is 0 Å². The molecule has 4 nitrogen and oxygen atoms in total. The Balaban J connectivity index is 1.90. The van der Waals surface area contributed by atoms with Crippen LogP contribution in [0.15, 0.2) is 54.9 Å². The second kappa shape index (κ2) is 5.27. The number of aromatic nitrogens is 2. The predicted molar refractivity (Wildman–Crippen MR) is 76.7 cm³/mol. The van der Waals surface area contributed by atoms with Crippen LogP contribution in [0.25, 0.3) is 10.9 Å². The van der Waals surface area contributed by atoms with E-state index in [2.05, 4.69) is 9.97 Å². The predicted octanol–water partition coefficient (Wildman–Crippen LogP) is 3.48. The molecule has 2 aromatic heterocycles. The lowest BCUT2D eigenvalue weighted by Crippen LogP contribution is -1.94. The van der Waals surface area contributed by atoms with Crippen LogP contribution in [0.4, 0.5) is 0 Å². The molecule has 1 aromatic carbocycles. The summed E-state index contributed by atoms with van der Waals surface area (Å²) in [6.07, 6.45) is 2.74. The fraction of sp³-hybridized carbons (Fsp3) is 0.125. The maximum atomic E-state index is 9.56. The third-order valence-corrected chi connectivity index (χ3v) is 3.03. The first-order valence-electron chi connectivity index (χ1n) is 6.39. The molecule has 1 atom stereocenters. The Morgan fingerprint density at radius 2 is 1.95 bits per heavy atom. The van der Waals surface area contributed by atoms with Gasteiger partial charge in [0, 0.05) is 17.6 Å². The molecule has 20 heavy (non-hydrogen) atoms. The molecule has 1 N–H and O–H groups in total. The van der Waals surface area contributed by atoms with E-state index in [-0.39, 0.29) is 0 Å². The number of fused-ring (bicyclic) bond motifs is 1. The highest BCUT2D eigenvalue weighted by atomic mass is 16.5. The monoisotopic (exact) mass is 266 g/mol. The van der Waals surface area contributed by atoms with Gasteiger partial charge in [-0.1, -0.05) is 18.2 Å². The van der Waals surface area contributed by atoms with Crippen LogP contribution < -0.4 is 4.74 Å². The summed E-state index contributed by atoms with van der Waals surface area (Å²) in [7, 11) is 0. The van der Waals surface area contributed by atoms with Gasteiger partial charge in [0.2, 0.25) is 5.88 Å². The fourth-order valence-electron chi connectivity index (χ4n) is 1.97. The van der Waals surface area contributed by atoms with E-state index < -0.39 is 6.10 Å². The van der Waals surface area contributed by atoms with Crippen molar-refractivity contribution in [2.24, 2.45) is 0 Å². The Bertz CT molecular complexity index is 741. The molecule has 3 rings (SSSR count). The SMILES string of the molecule is C[C@@H](O)c1ccnc(Oc2cnc3ccccc3c2)c1. The summed E-state index contributed by atoms with van der Waals surface area (Å²) in [5.74, 6) is 1.07. The molecule has 0 aliphatic rings. The van der Waals surface area contributed by atoms with Gasteiger partial charge in [-0.2, -0.15) is 0 Å². The Kier molecular flexibility index (Phi) is 3.31. The first kappa shape index (κ1) is 12.6. The van der Waals surface area contributed by atoms with Gasteiger partial charge in [0.25, 0.3) is 0 Å². The van der Waals surface area contributed by atoms with Gasteiger partial charge in [0.1, 0.15) is 5.75 Å². The average molecular weight is 266 g/mol. The van der Waals surface area contributed by atoms with Crippen LogP contribution >= 0.6 is 0 Å². The summed E-state index contributed by atoms with van der Waals surface area (Å²) >= 11 is 0. The molecule has 0 fully saturated rings. The van der Waals surface area contributed by atoms with E-state index in [0.29, 0.717) is 11.6 Å². The molecule has 0 radical (unpaired) electrons. The highest BCUT2D eigenvalue weighted by molar-refractivity contribution is 5.79. The Morgan fingerprint density at radius 1 is 1.10 bits per heavy atom. The van der Waals surface area contributed by atoms with E-state index in [9.17, 15) is 5.11 Å². The minimum atomic E-state index is -0.546. The van der Waals surface area contributed by atoms with Crippen LogP contribution in [0.5, 0.6) is 11.6 Å². The average Bonchev–Trinajstić information content (AvgIpc) is 2.47. The molecule has 4 heteroatoms. The maximum absolute atomic E-state index is 9.56. The van der Waals surface area contributed by atoms with Crippen molar-refractivity contribution in [2.75, 3.05) is 0 Å². The van der Waals surface area contributed by atoms with Crippen LogP contribution in [0.1, 0.15) is 18.6 Å². The smallest absolute Gasteiger partial charge is 0.219 e. The van der Waals surface area contributed by atoms with Gasteiger partial charge < -0.3 is 9.84 Å². The molecule has 2 heterocycles. The molecule has 0 saturated carbocycles. The maximum Gasteiger partial charge on any atom is 0.219 e. The summed E-state index contributed by atoms with van der Waals surface area (Å²) in [5, 5.41) is 10.6. The summed E-state index contributed by atoms with van der Waals surface area (Å²) in [6, 6.07) is 13.2. The van der Waals surface area contributed by atoms with Gasteiger partial charge >= 0.3 is 0 Å². The van der Waals surface area contributed by atoms with Crippen LogP contribution in [0, 0.1) is 0 Å². The normalized spacial score (nSPS) is 12.3. The Morgan fingerprint density at radius 3 is 2.80 bits per heavy atom. The number of para-hydroxylation sites is 1. The number of pyridine rings is 2. The van der Waals surface area contributed by atoms with Gasteiger partial charge in [-0.05, 0) is 30.7 Å². The molecule has 100 valence electrons. The zero-order chi connectivity index (χ0) is 13.9. The third kappa shape index (κ3) is 2.60. The second-order valence-corrected chi connectivity index (χ2v) is 4.57. The fourth-order valence-corrected chi connectivity index (χ4v) is 1.97. The Labute approximate surface area is 116 Å². The van der Waals surface area contributed by atoms with Crippen molar-refractivity contribution in [3.8, 4) is 11.6 Å². The summed E-state index contributed by atoms with van der Waals surface area (Å²) in [6.45, 7) is 1.71. The van der Waals surface area contributed by atoms with E-state index in [0.717, 1.165) is 16.5 Å². The lowest BCUT2D eigenvalue weighted by Gasteiger charge is -2.08. The number of rotatable bonds is 3. The molecule has 0 spiro atoms. The van der Waals surface area contributed by atoms with E-state index in [1.165, 1.54) is 0 Å². The first-order chi connectivity index (χ1) is 9.72. The van der Waals surface area contributed by atoms with Crippen LogP contribution in [-0.2, 0) is 0 Å². The van der Waals surface area contributed by atoms with Crippen LogP contribution in [-0.4, -0.2) is 15.1 Å². The van der Waals surface area contributed by atoms with Crippen molar-refractivity contribution >= 4 is 10.9 Å². The minimum Gasteiger partial charge on any atom is -0.437 e. The van der Waals surface area contributed by atoms with Crippen LogP contribution in [0.2, 0.25) is 0 Å². The minimum absolute atomic E-state index is 0.445. The van der Waals surface area contributed by atoms with Crippen molar-refractivity contribution in [3.63, 3.8) is 0 Å². The summed E-state index contributed by atoms with van der Waals surface area (Å²) < 4.78 is 5.69. The highest BCUT2D eigenvalue weighted by Gasteiger charge is 2.05. The molecular weight excluding hydrogens is 252 g/mol. The van der Waals surface area contributed by atoms with Crippen molar-refractivity contribution in [1.82, 2.24) is 9.97 Å². The summed E-state index contributed by atoms with van der Waals surface area (Å²) in [4.78, 5) is 8.47. The first-order valence-corrected chi connectivity index (χ1v) is 6.39. The molecule has 0 saturated heterocycles. The van der Waals surface area contributed by atoms with E-state index in [1.54, 1.807) is 31.5 Å². The van der Waals surface area contributed by atoms with Gasteiger partial charge in [-0.25, -0.2) is 4.98 Å². The highest BCUT2D eigenvalue weighted by Crippen LogP contribution is 2.24. The van der Waals surface area contributed by atoms with Gasteiger partial charge in [0.05, 0.1) is 17.8 Å². The molecule has 0 bridgehead atoms. The van der Waals surface area contributed by atoms with E-state index in [1.807, 2.05) is 30.3 Å². The number of ether oxygens (including phenoxy) is 1. The molecule has 3 aromatic rings. The molecular formula is C16H14N2O2. The molecule has 0 aliphatic carbocycles. The lowest BCUT2D eigenvalue weighted by molar-refractivity contribution is 0.198. The topological polar surface area (TPSA) is 55.2 Å². The van der Waals surface area contributed by atoms with E-state index in [4.69, 9.17) is 4.74 Å². The quantitative estimate of drug-likeness (QED) is 0.788. The largest absolute Gasteiger partial charge is 0.437 e. The zero-order valence-electron chi connectivity index (χ0n) is 11.0. The number of aliphatic hydroxyl groups excluding tert-OH is 1. The molecule has 0 aliphatic heterocycles. The van der Waals surface area contributed by atoms with Crippen molar-refractivity contribution in [3.05, 3.63) is 60.4 Å². The van der Waals surface area contributed by atoms with Crippen molar-refractivity contribution in [2.45, 2.75) is 13.0 Å². The number of hydrogen-bond acceptors (Lipinski definition) is 4. The number of nitrogens with zero attached hydrogens (tertiary/aromatic N) is 2. The van der Waals surface area contributed by atoms with Gasteiger partial charge in [-0.3, -0.25) is 4.98 Å². The number of benzene rings is 1. The lowest BCUT2D eigenvalue weighted by atomic mass is 10.2. The standard InChI is InChI=1S/C16H14N2O2/c1-11(19)12-6-7-17-16(9-12)20-14-8-13-4-2-3-5-15(13)18-10-14/h2-11,19H,1H3/t11-/m1/s1. The van der Waals surface area contributed by atoms with Gasteiger partial charge in [0.15, 0.2) is 0 Å². The second-order valence-electron chi connectivity index (χ2n) is 4.57. The van der Waals surface area contributed by atoms with Crippen molar-refractivity contribution < 1.29 is 9.84 Å². The van der Waals surface area contributed by atoms with Crippen LogP contribution in [0.3, 0.4) is 0 Å². The Hall–Kier alpha value is -2.46. The molecule has 0 unspecified atom stereocenters. The zero-order valence-corrected chi connectivity index (χ0v) is 11.0. The summed E-state index contributed by atoms with van der Waals surface area (Å²) in [5.41, 5.74) is 1.69. The van der Waals surface area contributed by atoms with Crippen molar-refractivity contribution in [1.29, 1.82) is 0 Å². The number of hydrogen-bond donors (Lipinski definition) is 1. The number of aliphatic hydroxyl groups is 1.